The lowest BCUT2D eigenvalue weighted by Crippen LogP contribution is -1.92. The molecule has 0 radical (unpaired) electrons. The number of fused-ring (bicyclic) bond motifs is 1. The molecule has 1 N–H and O–H groups in total. The van der Waals surface area contributed by atoms with E-state index in [2.05, 4.69) is 15.3 Å². The van der Waals surface area contributed by atoms with Crippen molar-refractivity contribution in [1.82, 2.24) is 19.8 Å². The van der Waals surface area contributed by atoms with E-state index in [1.165, 1.54) is 11.3 Å². The van der Waals surface area contributed by atoms with Gasteiger partial charge in [-0.3, -0.25) is 0 Å². The average Bonchev–Trinajstić information content (AvgIpc) is 2.82. The van der Waals surface area contributed by atoms with Crippen LogP contribution in [0.5, 0.6) is 5.75 Å². The average molecular weight is 246 g/mol. The summed E-state index contributed by atoms with van der Waals surface area (Å²) in [5.41, 5.74) is 1.03. The maximum Gasteiger partial charge on any atom is 0.234 e. The van der Waals surface area contributed by atoms with Gasteiger partial charge < -0.3 is 5.11 Å². The summed E-state index contributed by atoms with van der Waals surface area (Å²) in [6.45, 7) is 1.87. The molecule has 17 heavy (non-hydrogen) atoms. The Labute approximate surface area is 101 Å². The molecule has 3 aromatic rings. The summed E-state index contributed by atoms with van der Waals surface area (Å²) >= 11 is 1.52. The number of phenols is 1. The van der Waals surface area contributed by atoms with Crippen molar-refractivity contribution in [3.8, 4) is 5.75 Å². The summed E-state index contributed by atoms with van der Waals surface area (Å²) in [5.74, 6) is 1.07. The van der Waals surface area contributed by atoms with Crippen LogP contribution in [-0.2, 0) is 6.42 Å². The summed E-state index contributed by atoms with van der Waals surface area (Å²) in [6, 6.07) is 7.20. The summed E-state index contributed by atoms with van der Waals surface area (Å²) < 4.78 is 1.74. The van der Waals surface area contributed by atoms with Gasteiger partial charge in [0.05, 0.1) is 0 Å². The molecule has 1 aromatic carbocycles. The summed E-state index contributed by atoms with van der Waals surface area (Å²) in [7, 11) is 0. The van der Waals surface area contributed by atoms with Gasteiger partial charge in [-0.15, -0.1) is 10.2 Å². The van der Waals surface area contributed by atoms with Gasteiger partial charge >= 0.3 is 0 Å². The van der Waals surface area contributed by atoms with E-state index in [9.17, 15) is 5.11 Å². The highest BCUT2D eigenvalue weighted by Gasteiger charge is 2.09. The van der Waals surface area contributed by atoms with E-state index < -0.39 is 0 Å². The van der Waals surface area contributed by atoms with Crippen LogP contribution in [0.1, 0.15) is 16.4 Å². The molecule has 0 unspecified atom stereocenters. The third kappa shape index (κ3) is 1.87. The highest BCUT2D eigenvalue weighted by Crippen LogP contribution is 2.19. The number of hydrogen-bond donors (Lipinski definition) is 1. The van der Waals surface area contributed by atoms with Crippen molar-refractivity contribution in [3.05, 3.63) is 40.7 Å². The van der Waals surface area contributed by atoms with Crippen LogP contribution in [-0.4, -0.2) is 24.9 Å². The third-order valence-electron chi connectivity index (χ3n) is 2.45. The molecule has 0 fully saturated rings. The lowest BCUT2D eigenvalue weighted by Gasteiger charge is -1.97. The second kappa shape index (κ2) is 3.81. The topological polar surface area (TPSA) is 63.3 Å². The normalized spacial score (nSPS) is 11.1. The van der Waals surface area contributed by atoms with Crippen LogP contribution in [0.4, 0.5) is 0 Å². The van der Waals surface area contributed by atoms with Gasteiger partial charge in [0, 0.05) is 6.42 Å². The van der Waals surface area contributed by atoms with Gasteiger partial charge in [0.25, 0.3) is 0 Å². The molecule has 0 aliphatic carbocycles. The zero-order valence-corrected chi connectivity index (χ0v) is 9.98. The van der Waals surface area contributed by atoms with Crippen molar-refractivity contribution in [2.75, 3.05) is 0 Å². The van der Waals surface area contributed by atoms with E-state index in [0.29, 0.717) is 6.42 Å². The Kier molecular flexibility index (Phi) is 2.29. The van der Waals surface area contributed by atoms with Crippen LogP contribution in [0.3, 0.4) is 0 Å². The Bertz CT molecular complexity index is 673. The molecule has 0 saturated heterocycles. The van der Waals surface area contributed by atoms with Crippen molar-refractivity contribution >= 4 is 16.3 Å². The van der Waals surface area contributed by atoms with Crippen LogP contribution in [0.25, 0.3) is 4.96 Å². The Balaban J connectivity index is 1.94. The van der Waals surface area contributed by atoms with Crippen LogP contribution in [0.15, 0.2) is 24.3 Å². The molecule has 0 amide bonds. The zero-order chi connectivity index (χ0) is 11.8. The Hall–Kier alpha value is -1.95. The van der Waals surface area contributed by atoms with Crippen LogP contribution in [0.2, 0.25) is 0 Å². The van der Waals surface area contributed by atoms with E-state index in [1.807, 2.05) is 19.1 Å². The lowest BCUT2D eigenvalue weighted by molar-refractivity contribution is 0.474. The van der Waals surface area contributed by atoms with Crippen molar-refractivity contribution in [1.29, 1.82) is 0 Å². The van der Waals surface area contributed by atoms with Gasteiger partial charge in [0.2, 0.25) is 4.96 Å². The standard InChI is InChI=1S/C11H10N4OS/c1-7-12-13-11-15(7)14-10(17-11)6-8-3-2-4-9(16)5-8/h2-5,16H,6H2,1H3. The van der Waals surface area contributed by atoms with Crippen LogP contribution >= 0.6 is 11.3 Å². The number of rotatable bonds is 2. The third-order valence-corrected chi connectivity index (χ3v) is 3.35. The van der Waals surface area contributed by atoms with Crippen LogP contribution < -0.4 is 0 Å². The molecule has 5 nitrogen and oxygen atoms in total. The smallest absolute Gasteiger partial charge is 0.234 e. The molecule has 3 rings (SSSR count). The number of aromatic nitrogens is 4. The number of aromatic hydroxyl groups is 1. The quantitative estimate of drug-likeness (QED) is 0.748. The van der Waals surface area contributed by atoms with Gasteiger partial charge in [0.15, 0.2) is 5.82 Å². The fraction of sp³-hybridized carbons (Fsp3) is 0.182. The summed E-state index contributed by atoms with van der Waals surface area (Å²) in [6.07, 6.45) is 0.696. The minimum absolute atomic E-state index is 0.279. The first kappa shape index (κ1) is 10.2. The monoisotopic (exact) mass is 246 g/mol. The molecular weight excluding hydrogens is 236 g/mol. The van der Waals surface area contributed by atoms with Gasteiger partial charge in [-0.05, 0) is 24.6 Å². The Morgan fingerprint density at radius 3 is 3.00 bits per heavy atom. The molecule has 6 heteroatoms. The predicted molar refractivity (Wildman–Crippen MR) is 64.3 cm³/mol. The molecule has 2 aromatic heterocycles. The first-order chi connectivity index (χ1) is 8.22. The molecule has 0 atom stereocenters. The zero-order valence-electron chi connectivity index (χ0n) is 9.16. The maximum atomic E-state index is 9.39. The van der Waals surface area contributed by atoms with Gasteiger partial charge in [0.1, 0.15) is 10.8 Å². The summed E-state index contributed by atoms with van der Waals surface area (Å²) in [4.78, 5) is 0.803. The lowest BCUT2D eigenvalue weighted by atomic mass is 10.1. The van der Waals surface area contributed by atoms with Crippen molar-refractivity contribution in [2.45, 2.75) is 13.3 Å². The van der Waals surface area contributed by atoms with Crippen molar-refractivity contribution in [3.63, 3.8) is 0 Å². The SMILES string of the molecule is Cc1nnc2sc(Cc3cccc(O)c3)nn12. The number of benzene rings is 1. The maximum absolute atomic E-state index is 9.39. The first-order valence-electron chi connectivity index (χ1n) is 5.18. The van der Waals surface area contributed by atoms with E-state index >= 15 is 0 Å². The molecule has 0 spiro atoms. The predicted octanol–water partition coefficient (Wildman–Crippen LogP) is 1.79. The van der Waals surface area contributed by atoms with Crippen LogP contribution in [0, 0.1) is 6.92 Å². The molecular formula is C11H10N4OS. The van der Waals surface area contributed by atoms with E-state index in [-0.39, 0.29) is 5.75 Å². The number of hydrogen-bond acceptors (Lipinski definition) is 5. The Morgan fingerprint density at radius 2 is 2.24 bits per heavy atom. The molecule has 0 aliphatic heterocycles. The number of phenolic OH excluding ortho intramolecular Hbond substituents is 1. The fourth-order valence-electron chi connectivity index (χ4n) is 1.67. The number of aryl methyl sites for hydroxylation is 1. The minimum Gasteiger partial charge on any atom is -0.508 e. The van der Waals surface area contributed by atoms with Crippen molar-refractivity contribution in [2.24, 2.45) is 0 Å². The fourth-order valence-corrected chi connectivity index (χ4v) is 2.58. The van der Waals surface area contributed by atoms with E-state index in [1.54, 1.807) is 16.6 Å². The van der Waals surface area contributed by atoms with Gasteiger partial charge in [-0.25, -0.2) is 0 Å². The van der Waals surface area contributed by atoms with E-state index in [4.69, 9.17) is 0 Å². The second-order valence-corrected chi connectivity index (χ2v) is 4.82. The van der Waals surface area contributed by atoms with Gasteiger partial charge in [-0.1, -0.05) is 23.5 Å². The molecule has 0 saturated carbocycles. The molecule has 0 aliphatic rings. The van der Waals surface area contributed by atoms with E-state index in [0.717, 1.165) is 21.4 Å². The largest absolute Gasteiger partial charge is 0.508 e. The molecule has 2 heterocycles. The number of nitrogens with zero attached hydrogens (tertiary/aromatic N) is 4. The van der Waals surface area contributed by atoms with Crippen molar-refractivity contribution < 1.29 is 5.11 Å². The second-order valence-electron chi connectivity index (χ2n) is 3.78. The molecule has 86 valence electrons. The highest BCUT2D eigenvalue weighted by atomic mass is 32.1. The minimum atomic E-state index is 0.279. The summed E-state index contributed by atoms with van der Waals surface area (Å²) in [5, 5.41) is 22.7. The first-order valence-corrected chi connectivity index (χ1v) is 5.99. The highest BCUT2D eigenvalue weighted by molar-refractivity contribution is 7.16. The Morgan fingerprint density at radius 1 is 1.35 bits per heavy atom. The van der Waals surface area contributed by atoms with Gasteiger partial charge in [-0.2, -0.15) is 9.61 Å². The molecule has 0 bridgehead atoms.